The highest BCUT2D eigenvalue weighted by molar-refractivity contribution is 5.74. The highest BCUT2D eigenvalue weighted by Gasteiger charge is 2.46. The fraction of sp³-hybridized carbons (Fsp3) is 0.923. The van der Waals surface area contributed by atoms with Crippen molar-refractivity contribution in [2.75, 3.05) is 258 Å². The van der Waals surface area contributed by atoms with E-state index >= 15 is 0 Å². The zero-order valence-electron chi connectivity index (χ0n) is 66.3. The molecule has 110 heavy (non-hydrogen) atoms. The molecule has 0 spiro atoms. The average Bonchev–Trinajstić information content (AvgIpc) is 1.65. The summed E-state index contributed by atoms with van der Waals surface area (Å²) in [7, 11) is 0. The van der Waals surface area contributed by atoms with Crippen molar-refractivity contribution >= 4 is 35.8 Å². The lowest BCUT2D eigenvalue weighted by Gasteiger charge is -2.37. The highest BCUT2D eigenvalue weighted by Crippen LogP contribution is 2.40. The van der Waals surface area contributed by atoms with Crippen LogP contribution < -0.4 is 0 Å². The maximum absolute atomic E-state index is 12.9. The lowest BCUT2D eigenvalue weighted by atomic mass is 9.89. The van der Waals surface area contributed by atoms with Crippen molar-refractivity contribution in [3.8, 4) is 0 Å². The van der Waals surface area contributed by atoms with Crippen LogP contribution in [-0.2, 0) is 152 Å². The van der Waals surface area contributed by atoms with Crippen LogP contribution in [0, 0.1) is 46.3 Å². The van der Waals surface area contributed by atoms with Crippen LogP contribution in [-0.4, -0.2) is 336 Å². The van der Waals surface area contributed by atoms with Gasteiger partial charge >= 0.3 is 35.8 Å². The Hall–Kier alpha value is -3.98. The molecule has 32 nitrogen and oxygen atoms in total. The predicted molar refractivity (Wildman–Crippen MR) is 389 cm³/mol. The first-order valence-electron chi connectivity index (χ1n) is 40.4. The minimum absolute atomic E-state index is 0.00914. The second-order valence-corrected chi connectivity index (χ2v) is 29.8. The van der Waals surface area contributed by atoms with Gasteiger partial charge in [0.1, 0.15) is 39.6 Å². The topological polar surface area (TPSA) is 346 Å². The van der Waals surface area contributed by atoms with Gasteiger partial charge in [0, 0.05) is 33.0 Å². The molecule has 0 aromatic heterocycles. The molecule has 0 aromatic rings. The molecule has 0 radical (unpaired) electrons. The minimum atomic E-state index is -1.03. The lowest BCUT2D eigenvalue weighted by Crippen LogP contribution is -2.46. The Kier molecular flexibility index (Phi) is 47.1. The van der Waals surface area contributed by atoms with Crippen LogP contribution in [0.5, 0.6) is 0 Å². The van der Waals surface area contributed by atoms with Crippen molar-refractivity contribution < 1.29 is 152 Å². The molecular weight excluding hydrogens is 1450 g/mol. The SMILES string of the molecule is CC1CC(C(=O)OCCOCCOCC(COCCOCCOCCOC(=O)C2CCC3OC3C2)(COCCOCCOC(=O)C2CCOC(C)C2)COCC(COCCOCCOC(=O)C2CCOC(C)C2)(COCCOCCOC(=O)C2CCOC(C)C2)COCCOCCOC(=O)C2CCOC(C)C2)CCO1. The minimum Gasteiger partial charge on any atom is -0.463 e. The summed E-state index contributed by atoms with van der Waals surface area (Å²) in [5, 5.41) is 0. The van der Waals surface area contributed by atoms with Crippen molar-refractivity contribution in [1.29, 1.82) is 0 Å². The number of esters is 6. The van der Waals surface area contributed by atoms with Gasteiger partial charge in [-0.3, -0.25) is 28.8 Å². The molecule has 0 bridgehead atoms. The largest absolute Gasteiger partial charge is 0.463 e. The molecule has 636 valence electrons. The summed E-state index contributed by atoms with van der Waals surface area (Å²) in [4.78, 5) is 77.0. The van der Waals surface area contributed by atoms with Crippen molar-refractivity contribution in [3.63, 3.8) is 0 Å². The van der Waals surface area contributed by atoms with Crippen LogP contribution >= 0.6 is 0 Å². The van der Waals surface area contributed by atoms with Gasteiger partial charge in [0.2, 0.25) is 0 Å². The number of hydrogen-bond donors (Lipinski definition) is 0. The zero-order chi connectivity index (χ0) is 78.1. The van der Waals surface area contributed by atoms with E-state index in [1.807, 2.05) is 34.6 Å². The highest BCUT2D eigenvalue weighted by atomic mass is 16.6. The van der Waals surface area contributed by atoms with E-state index in [2.05, 4.69) is 0 Å². The first-order chi connectivity index (χ1) is 53.6. The van der Waals surface area contributed by atoms with Crippen LogP contribution in [0.1, 0.15) is 118 Å². The van der Waals surface area contributed by atoms with Crippen molar-refractivity contribution in [3.05, 3.63) is 0 Å². The van der Waals surface area contributed by atoms with Gasteiger partial charge in [0.05, 0.1) is 274 Å². The third-order valence-corrected chi connectivity index (χ3v) is 20.1. The third kappa shape index (κ3) is 39.1. The van der Waals surface area contributed by atoms with Gasteiger partial charge in [-0.15, -0.1) is 0 Å². The van der Waals surface area contributed by atoms with Gasteiger partial charge in [-0.25, -0.2) is 0 Å². The summed E-state index contributed by atoms with van der Waals surface area (Å²) < 4.78 is 154. The second kappa shape index (κ2) is 55.6. The molecule has 1 saturated carbocycles. The quantitative estimate of drug-likeness (QED) is 0.0331. The van der Waals surface area contributed by atoms with Gasteiger partial charge < -0.3 is 123 Å². The van der Waals surface area contributed by atoms with E-state index < -0.39 is 10.8 Å². The monoisotopic (exact) mass is 1580 g/mol. The molecule has 32 heteroatoms. The maximum atomic E-state index is 12.9. The number of carbonyl (C=O) groups is 6. The molecule has 7 fully saturated rings. The van der Waals surface area contributed by atoms with E-state index in [0.29, 0.717) is 110 Å². The molecule has 6 saturated heterocycles. The number of epoxide rings is 1. The maximum Gasteiger partial charge on any atom is 0.309 e. The van der Waals surface area contributed by atoms with Crippen LogP contribution in [0.15, 0.2) is 0 Å². The summed E-state index contributed by atoms with van der Waals surface area (Å²) >= 11 is 0. The zero-order valence-corrected chi connectivity index (χ0v) is 66.3. The molecule has 7 aliphatic rings. The molecule has 7 rings (SSSR count). The van der Waals surface area contributed by atoms with Crippen LogP contribution in [0.4, 0.5) is 0 Å². The fourth-order valence-corrected chi connectivity index (χ4v) is 13.8. The van der Waals surface area contributed by atoms with E-state index in [1.54, 1.807) is 0 Å². The summed E-state index contributed by atoms with van der Waals surface area (Å²) in [5.41, 5.74) is -2.05. The lowest BCUT2D eigenvalue weighted by molar-refractivity contribution is -0.156. The molecule has 0 N–H and O–H groups in total. The standard InChI is InChI=1S/C78H132O32/c1-58-44-64(8-13-99-58)72(80)105-39-33-87-21-27-93-51-77(52-94-28-22-88-34-40-106-73(81)65-9-14-100-59(2)45-65,50-92-26-20-85-18-19-86-32-38-104-71(79)63-6-7-69-70(49-63)110-69)56-98-57-78(53-95-29-23-89-35-41-107-74(82)66-10-15-101-60(3)46-66,54-96-30-24-90-36-42-108-75(83)67-11-16-102-61(4)47-67)55-97-31-25-91-37-43-109-76(84)68-12-17-103-62(5)48-68/h58-70H,6-57H2,1-5H3. The van der Waals surface area contributed by atoms with Crippen LogP contribution in [0.2, 0.25) is 0 Å². The Morgan fingerprint density at radius 1 is 0.227 bits per heavy atom. The number of rotatable bonds is 61. The number of carbonyl (C=O) groups excluding carboxylic acids is 6. The number of fused-ring (bicyclic) bond motifs is 1. The average molecular weight is 1580 g/mol. The van der Waals surface area contributed by atoms with Gasteiger partial charge in [-0.1, -0.05) is 0 Å². The van der Waals surface area contributed by atoms with Gasteiger partial charge in [-0.2, -0.15) is 0 Å². The summed E-state index contributed by atoms with van der Waals surface area (Å²) in [6, 6.07) is 0. The molecular formula is C78H132O32. The predicted octanol–water partition coefficient (Wildman–Crippen LogP) is 5.09. The van der Waals surface area contributed by atoms with Crippen molar-refractivity contribution in [2.24, 2.45) is 46.3 Å². The third-order valence-electron chi connectivity index (χ3n) is 20.1. The Bertz CT molecular complexity index is 2330. The summed E-state index contributed by atoms with van der Waals surface area (Å²) in [6.45, 7) is 16.4. The normalized spacial score (nSPS) is 26.6. The van der Waals surface area contributed by atoms with Gasteiger partial charge in [-0.05, 0) is 118 Å². The molecule has 13 unspecified atom stereocenters. The molecule has 6 heterocycles. The van der Waals surface area contributed by atoms with E-state index in [9.17, 15) is 28.8 Å². The van der Waals surface area contributed by atoms with Crippen LogP contribution in [0.3, 0.4) is 0 Å². The van der Waals surface area contributed by atoms with E-state index in [4.69, 9.17) is 123 Å². The number of ether oxygens (including phenoxy) is 26. The molecule has 6 aliphatic heterocycles. The molecule has 1 aliphatic carbocycles. The number of hydrogen-bond acceptors (Lipinski definition) is 32. The van der Waals surface area contributed by atoms with E-state index in [1.165, 1.54) is 0 Å². The first-order valence-corrected chi connectivity index (χ1v) is 40.4. The van der Waals surface area contributed by atoms with Crippen LogP contribution in [0.25, 0.3) is 0 Å². The Morgan fingerprint density at radius 2 is 0.418 bits per heavy atom. The second-order valence-electron chi connectivity index (χ2n) is 29.8. The van der Waals surface area contributed by atoms with Crippen molar-refractivity contribution in [2.45, 2.75) is 161 Å². The Balaban J connectivity index is 1.01. The molecule has 0 amide bonds. The fourth-order valence-electron chi connectivity index (χ4n) is 13.8. The first kappa shape index (κ1) is 93.2. The summed E-state index contributed by atoms with van der Waals surface area (Å²) in [5.74, 6) is -2.85. The van der Waals surface area contributed by atoms with Crippen molar-refractivity contribution in [1.82, 2.24) is 0 Å². The molecule has 13 atom stereocenters. The van der Waals surface area contributed by atoms with Gasteiger partial charge in [0.25, 0.3) is 0 Å². The molecule has 0 aromatic carbocycles. The van der Waals surface area contributed by atoms with E-state index in [0.717, 1.165) is 12.8 Å². The smallest absolute Gasteiger partial charge is 0.309 e. The van der Waals surface area contributed by atoms with Gasteiger partial charge in [0.15, 0.2) is 0 Å². The summed E-state index contributed by atoms with van der Waals surface area (Å²) in [6.07, 6.45) is 8.74. The Labute approximate surface area is 650 Å². The Morgan fingerprint density at radius 3 is 0.627 bits per heavy atom. The van der Waals surface area contributed by atoms with E-state index in [-0.39, 0.29) is 333 Å².